The molecule has 0 atom stereocenters. The third-order valence-electron chi connectivity index (χ3n) is 3.26. The molecule has 0 spiro atoms. The Morgan fingerprint density at radius 2 is 2.15 bits per heavy atom. The quantitative estimate of drug-likeness (QED) is 0.824. The van der Waals surface area contributed by atoms with Gasteiger partial charge in [0.2, 0.25) is 11.0 Å². The Morgan fingerprint density at radius 1 is 1.40 bits per heavy atom. The van der Waals surface area contributed by atoms with E-state index < -0.39 is 0 Å². The Hall–Kier alpha value is -1.21. The lowest BCUT2D eigenvalue weighted by Gasteiger charge is -2.20. The zero-order valence-electron chi connectivity index (χ0n) is 12.3. The van der Waals surface area contributed by atoms with Gasteiger partial charge in [-0.1, -0.05) is 18.3 Å². The molecule has 0 unspecified atom stereocenters. The Labute approximate surface area is 124 Å². The third kappa shape index (κ3) is 4.42. The number of nitrogens with zero attached hydrogens (tertiary/aromatic N) is 4. The molecule has 1 aromatic heterocycles. The summed E-state index contributed by atoms with van der Waals surface area (Å²) < 4.78 is 0. The van der Waals surface area contributed by atoms with Gasteiger partial charge in [0.1, 0.15) is 5.01 Å². The number of amides is 1. The first-order valence-corrected chi connectivity index (χ1v) is 8.03. The van der Waals surface area contributed by atoms with Crippen molar-refractivity contribution >= 4 is 22.4 Å². The van der Waals surface area contributed by atoms with Gasteiger partial charge in [0, 0.05) is 19.6 Å². The van der Waals surface area contributed by atoms with Gasteiger partial charge in [-0.05, 0) is 26.3 Å². The van der Waals surface area contributed by atoms with E-state index in [1.54, 1.807) is 11.3 Å². The molecule has 1 N–H and O–H groups in total. The summed E-state index contributed by atoms with van der Waals surface area (Å²) in [6, 6.07) is 0. The number of aromatic nitrogens is 2. The zero-order valence-corrected chi connectivity index (χ0v) is 13.1. The Morgan fingerprint density at radius 3 is 2.85 bits per heavy atom. The fourth-order valence-corrected chi connectivity index (χ4v) is 3.05. The largest absolute Gasteiger partial charge is 0.360 e. The molecule has 0 saturated carbocycles. The van der Waals surface area contributed by atoms with Crippen molar-refractivity contribution in [3.8, 4) is 0 Å². The predicted molar refractivity (Wildman–Crippen MR) is 80.8 cm³/mol. The molecule has 0 aliphatic carbocycles. The summed E-state index contributed by atoms with van der Waals surface area (Å²) in [4.78, 5) is 16.0. The van der Waals surface area contributed by atoms with E-state index in [-0.39, 0.29) is 5.91 Å². The van der Waals surface area contributed by atoms with Crippen LogP contribution >= 0.6 is 11.3 Å². The number of hydrogen-bond donors (Lipinski definition) is 1. The molecule has 1 aromatic rings. The van der Waals surface area contributed by atoms with Crippen molar-refractivity contribution in [2.45, 2.75) is 32.7 Å². The van der Waals surface area contributed by atoms with Crippen molar-refractivity contribution in [3.63, 3.8) is 0 Å². The van der Waals surface area contributed by atoms with Gasteiger partial charge in [-0.2, -0.15) is 0 Å². The van der Waals surface area contributed by atoms with Crippen molar-refractivity contribution in [1.82, 2.24) is 20.0 Å². The summed E-state index contributed by atoms with van der Waals surface area (Å²) in [6.07, 6.45) is 3.34. The van der Waals surface area contributed by atoms with Crippen LogP contribution in [0.15, 0.2) is 0 Å². The minimum Gasteiger partial charge on any atom is -0.360 e. The van der Waals surface area contributed by atoms with Gasteiger partial charge < -0.3 is 10.2 Å². The van der Waals surface area contributed by atoms with Gasteiger partial charge in [0.15, 0.2) is 0 Å². The van der Waals surface area contributed by atoms with Crippen LogP contribution in [0.1, 0.15) is 31.2 Å². The van der Waals surface area contributed by atoms with Crippen LogP contribution < -0.4 is 5.32 Å². The van der Waals surface area contributed by atoms with Crippen molar-refractivity contribution in [2.24, 2.45) is 0 Å². The summed E-state index contributed by atoms with van der Waals surface area (Å²) in [5, 5.41) is 13.3. The lowest BCUT2D eigenvalue weighted by atomic mass is 10.4. The van der Waals surface area contributed by atoms with E-state index in [0.29, 0.717) is 13.1 Å². The van der Waals surface area contributed by atoms with Gasteiger partial charge in [0.05, 0.1) is 13.1 Å². The highest BCUT2D eigenvalue weighted by atomic mass is 32.1. The molecule has 1 saturated heterocycles. The molecule has 20 heavy (non-hydrogen) atoms. The number of hydrogen-bond acceptors (Lipinski definition) is 6. The van der Waals surface area contributed by atoms with Crippen LogP contribution in [0.2, 0.25) is 0 Å². The first kappa shape index (κ1) is 15.2. The van der Waals surface area contributed by atoms with E-state index in [9.17, 15) is 4.79 Å². The lowest BCUT2D eigenvalue weighted by Crippen LogP contribution is -2.36. The maximum absolute atomic E-state index is 12.0. The molecule has 1 fully saturated rings. The predicted octanol–water partition coefficient (Wildman–Crippen LogP) is 1.41. The van der Waals surface area contributed by atoms with Crippen LogP contribution in [0.4, 0.5) is 5.13 Å². The van der Waals surface area contributed by atoms with Crippen molar-refractivity contribution in [2.75, 3.05) is 38.5 Å². The molecule has 1 aliphatic rings. The molecule has 7 heteroatoms. The fraction of sp³-hybridized carbons (Fsp3) is 0.769. The van der Waals surface area contributed by atoms with E-state index in [2.05, 4.69) is 22.4 Å². The average molecular weight is 297 g/mol. The molecule has 2 rings (SSSR count). The van der Waals surface area contributed by atoms with Crippen molar-refractivity contribution in [3.05, 3.63) is 5.01 Å². The van der Waals surface area contributed by atoms with Crippen LogP contribution in [-0.4, -0.2) is 59.1 Å². The number of anilines is 1. The van der Waals surface area contributed by atoms with Crippen molar-refractivity contribution < 1.29 is 4.79 Å². The molecular formula is C13H23N5OS. The van der Waals surface area contributed by atoms with Crippen LogP contribution in [0.3, 0.4) is 0 Å². The molecule has 0 aromatic carbocycles. The second-order valence-electron chi connectivity index (χ2n) is 5.19. The molecule has 112 valence electrons. The normalized spacial score (nSPS) is 15.1. The summed E-state index contributed by atoms with van der Waals surface area (Å²) in [7, 11) is 1.95. The second kappa shape index (κ2) is 7.54. The second-order valence-corrected chi connectivity index (χ2v) is 6.25. The monoisotopic (exact) mass is 297 g/mol. The molecule has 0 radical (unpaired) electrons. The Bertz CT molecular complexity index is 430. The Kier molecular flexibility index (Phi) is 5.72. The SMILES string of the molecule is CCCNc1nnc(CN(C)CC(=O)N2CCCC2)s1. The number of rotatable bonds is 7. The lowest BCUT2D eigenvalue weighted by molar-refractivity contribution is -0.131. The van der Waals surface area contributed by atoms with Crippen LogP contribution in [0.25, 0.3) is 0 Å². The first-order valence-electron chi connectivity index (χ1n) is 7.21. The summed E-state index contributed by atoms with van der Waals surface area (Å²) in [5.74, 6) is 0.221. The van der Waals surface area contributed by atoms with E-state index >= 15 is 0 Å². The molecule has 1 amide bonds. The zero-order chi connectivity index (χ0) is 14.4. The van der Waals surface area contributed by atoms with Crippen molar-refractivity contribution in [1.29, 1.82) is 0 Å². The summed E-state index contributed by atoms with van der Waals surface area (Å²) >= 11 is 1.56. The molecule has 1 aliphatic heterocycles. The summed E-state index contributed by atoms with van der Waals surface area (Å²) in [5.41, 5.74) is 0. The maximum atomic E-state index is 12.0. The minimum atomic E-state index is 0.221. The van der Waals surface area contributed by atoms with E-state index in [4.69, 9.17) is 0 Å². The van der Waals surface area contributed by atoms with E-state index in [1.165, 1.54) is 0 Å². The molecular weight excluding hydrogens is 274 g/mol. The number of carbonyl (C=O) groups is 1. The standard InChI is InChI=1S/C13H23N5OS/c1-3-6-14-13-16-15-11(20-13)9-17(2)10-12(19)18-7-4-5-8-18/h3-10H2,1-2H3,(H,14,16). The van der Waals surface area contributed by atoms with E-state index in [0.717, 1.165) is 49.0 Å². The molecule has 2 heterocycles. The smallest absolute Gasteiger partial charge is 0.236 e. The number of likely N-dealkylation sites (tertiary alicyclic amines) is 1. The highest BCUT2D eigenvalue weighted by Crippen LogP contribution is 2.16. The topological polar surface area (TPSA) is 61.4 Å². The highest BCUT2D eigenvalue weighted by Gasteiger charge is 2.19. The van der Waals surface area contributed by atoms with E-state index in [1.807, 2.05) is 16.8 Å². The van der Waals surface area contributed by atoms with Gasteiger partial charge in [-0.15, -0.1) is 10.2 Å². The number of likely N-dealkylation sites (N-methyl/N-ethyl adjacent to an activating group) is 1. The average Bonchev–Trinajstić information content (AvgIpc) is 3.07. The Balaban J connectivity index is 1.77. The summed E-state index contributed by atoms with van der Waals surface area (Å²) in [6.45, 7) is 5.99. The van der Waals surface area contributed by atoms with Crippen LogP contribution in [0, 0.1) is 0 Å². The minimum absolute atomic E-state index is 0.221. The van der Waals surface area contributed by atoms with Crippen LogP contribution in [-0.2, 0) is 11.3 Å². The molecule has 6 nitrogen and oxygen atoms in total. The van der Waals surface area contributed by atoms with Gasteiger partial charge in [-0.3, -0.25) is 9.69 Å². The van der Waals surface area contributed by atoms with Gasteiger partial charge in [-0.25, -0.2) is 0 Å². The number of nitrogens with one attached hydrogen (secondary N) is 1. The number of carbonyl (C=O) groups excluding carboxylic acids is 1. The molecule has 0 bridgehead atoms. The third-order valence-corrected chi connectivity index (χ3v) is 4.13. The first-order chi connectivity index (χ1) is 9.69. The fourth-order valence-electron chi connectivity index (χ4n) is 2.21. The van der Waals surface area contributed by atoms with Gasteiger partial charge >= 0.3 is 0 Å². The van der Waals surface area contributed by atoms with Crippen LogP contribution in [0.5, 0.6) is 0 Å². The van der Waals surface area contributed by atoms with Gasteiger partial charge in [0.25, 0.3) is 0 Å². The maximum Gasteiger partial charge on any atom is 0.236 e. The highest BCUT2D eigenvalue weighted by molar-refractivity contribution is 7.15.